The van der Waals surface area contributed by atoms with Gasteiger partial charge in [0.05, 0.1) is 30.0 Å². The van der Waals surface area contributed by atoms with Gasteiger partial charge < -0.3 is 14.7 Å². The standard InChI is InChI=1S/C27H31Cl2NO4/c1-3-22(23-8-5-13-34-23)30-25(17-9-11-19(28)12-10-17)21(18-6-4-7-20(29)14-18)15-27(2,26(30)33)16-24(31)32/h4,6-7,9-12,14,21-23,25H,3,5,8,13,15-16H2,1-2H3,(H,31,32)/t21?,22-,23?,25?,27?/m0/s1. The number of piperidine rings is 1. The molecule has 0 bridgehead atoms. The average molecular weight is 504 g/mol. The van der Waals surface area contributed by atoms with Gasteiger partial charge in [-0.3, -0.25) is 9.59 Å². The lowest BCUT2D eigenvalue weighted by Crippen LogP contribution is -2.58. The molecule has 1 N–H and O–H groups in total. The molecule has 5 nitrogen and oxygen atoms in total. The Hall–Kier alpha value is -2.08. The first-order valence-electron chi connectivity index (χ1n) is 11.9. The number of amides is 1. The zero-order valence-electron chi connectivity index (χ0n) is 19.5. The number of carboxylic acid groups (broad SMARTS) is 1. The van der Waals surface area contributed by atoms with Crippen LogP contribution in [0.25, 0.3) is 0 Å². The van der Waals surface area contributed by atoms with Crippen LogP contribution in [0.15, 0.2) is 48.5 Å². The number of halogens is 2. The van der Waals surface area contributed by atoms with Gasteiger partial charge in [0.15, 0.2) is 0 Å². The van der Waals surface area contributed by atoms with Crippen molar-refractivity contribution < 1.29 is 19.4 Å². The van der Waals surface area contributed by atoms with Crippen molar-refractivity contribution in [2.75, 3.05) is 6.61 Å². The molecule has 0 saturated carbocycles. The van der Waals surface area contributed by atoms with E-state index in [4.69, 9.17) is 27.9 Å². The fraction of sp³-hybridized carbons (Fsp3) is 0.481. The molecule has 2 aliphatic heterocycles. The Morgan fingerprint density at radius 1 is 1.18 bits per heavy atom. The molecule has 2 heterocycles. The van der Waals surface area contributed by atoms with Crippen LogP contribution in [0.5, 0.6) is 0 Å². The molecule has 2 aliphatic rings. The quantitative estimate of drug-likeness (QED) is 0.468. The number of aliphatic carboxylic acids is 1. The second-order valence-corrected chi connectivity index (χ2v) is 10.6. The van der Waals surface area contributed by atoms with Gasteiger partial charge in [-0.15, -0.1) is 0 Å². The maximum atomic E-state index is 14.2. The van der Waals surface area contributed by atoms with Gasteiger partial charge in [0.1, 0.15) is 0 Å². The molecule has 0 aliphatic carbocycles. The minimum absolute atomic E-state index is 0.0732. The number of carboxylic acids is 1. The fourth-order valence-corrected chi connectivity index (χ4v) is 6.11. The SMILES string of the molecule is CC[C@@H](C1CCCO1)N1C(=O)C(C)(CC(=O)O)CC(c2cccc(Cl)c2)C1c1ccc(Cl)cc1. The lowest BCUT2D eigenvalue weighted by molar-refractivity contribution is -0.164. The molecule has 4 rings (SSSR count). The predicted octanol–water partition coefficient (Wildman–Crippen LogP) is 6.49. The number of benzene rings is 2. The maximum absolute atomic E-state index is 14.2. The van der Waals surface area contributed by atoms with Crippen LogP contribution in [0, 0.1) is 5.41 Å². The van der Waals surface area contributed by atoms with E-state index in [1.54, 1.807) is 6.92 Å². The van der Waals surface area contributed by atoms with Gasteiger partial charge in [-0.25, -0.2) is 0 Å². The smallest absolute Gasteiger partial charge is 0.304 e. The molecule has 0 radical (unpaired) electrons. The highest BCUT2D eigenvalue weighted by molar-refractivity contribution is 6.30. The van der Waals surface area contributed by atoms with E-state index in [2.05, 4.69) is 6.92 Å². The van der Waals surface area contributed by atoms with Crippen molar-refractivity contribution in [1.29, 1.82) is 0 Å². The second kappa shape index (κ2) is 10.3. The molecule has 34 heavy (non-hydrogen) atoms. The van der Waals surface area contributed by atoms with Crippen LogP contribution in [0.2, 0.25) is 10.0 Å². The van der Waals surface area contributed by atoms with Crippen LogP contribution in [0.4, 0.5) is 0 Å². The summed E-state index contributed by atoms with van der Waals surface area (Å²) < 4.78 is 6.07. The van der Waals surface area contributed by atoms with Crippen molar-refractivity contribution in [3.8, 4) is 0 Å². The topological polar surface area (TPSA) is 66.8 Å². The van der Waals surface area contributed by atoms with Gasteiger partial charge in [0.2, 0.25) is 5.91 Å². The maximum Gasteiger partial charge on any atom is 0.304 e. The molecule has 5 atom stereocenters. The van der Waals surface area contributed by atoms with Gasteiger partial charge in [0, 0.05) is 22.6 Å². The van der Waals surface area contributed by atoms with Crippen molar-refractivity contribution in [3.63, 3.8) is 0 Å². The summed E-state index contributed by atoms with van der Waals surface area (Å²) in [5.74, 6) is -1.25. The number of carbonyl (C=O) groups excluding carboxylic acids is 1. The third-order valence-electron chi connectivity index (χ3n) is 7.30. The van der Waals surface area contributed by atoms with Crippen LogP contribution in [-0.4, -0.2) is 40.6 Å². The molecule has 2 aromatic carbocycles. The summed E-state index contributed by atoms with van der Waals surface area (Å²) in [7, 11) is 0. The molecular weight excluding hydrogens is 473 g/mol. The zero-order valence-corrected chi connectivity index (χ0v) is 21.1. The largest absolute Gasteiger partial charge is 0.481 e. The second-order valence-electron chi connectivity index (χ2n) is 9.73. The lowest BCUT2D eigenvalue weighted by Gasteiger charge is -2.52. The van der Waals surface area contributed by atoms with Crippen molar-refractivity contribution in [1.82, 2.24) is 4.90 Å². The van der Waals surface area contributed by atoms with Crippen molar-refractivity contribution in [3.05, 3.63) is 69.7 Å². The zero-order chi connectivity index (χ0) is 24.5. The molecule has 0 spiro atoms. The molecule has 1 amide bonds. The molecule has 7 heteroatoms. The molecule has 4 unspecified atom stereocenters. The first kappa shape index (κ1) is 25.0. The molecule has 182 valence electrons. The Morgan fingerprint density at radius 2 is 1.91 bits per heavy atom. The van der Waals surface area contributed by atoms with E-state index in [0.29, 0.717) is 29.5 Å². The molecule has 0 aromatic heterocycles. The van der Waals surface area contributed by atoms with Gasteiger partial charge in [-0.05, 0) is 61.1 Å². The van der Waals surface area contributed by atoms with Gasteiger partial charge in [-0.2, -0.15) is 0 Å². The van der Waals surface area contributed by atoms with Crippen LogP contribution < -0.4 is 0 Å². The number of ether oxygens (including phenoxy) is 1. The molecule has 2 aromatic rings. The van der Waals surface area contributed by atoms with E-state index in [1.165, 1.54) is 0 Å². The average Bonchev–Trinajstić information content (AvgIpc) is 3.32. The van der Waals surface area contributed by atoms with Crippen LogP contribution >= 0.6 is 23.2 Å². The lowest BCUT2D eigenvalue weighted by atomic mass is 9.66. The van der Waals surface area contributed by atoms with Gasteiger partial charge in [-0.1, -0.05) is 61.3 Å². The Bertz CT molecular complexity index is 1040. The van der Waals surface area contributed by atoms with Crippen molar-refractivity contribution >= 4 is 35.1 Å². The summed E-state index contributed by atoms with van der Waals surface area (Å²) in [5.41, 5.74) is 0.911. The van der Waals surface area contributed by atoms with Crippen molar-refractivity contribution in [2.24, 2.45) is 5.41 Å². The van der Waals surface area contributed by atoms with Crippen molar-refractivity contribution in [2.45, 2.75) is 70.1 Å². The summed E-state index contributed by atoms with van der Waals surface area (Å²) in [4.78, 5) is 28.0. The van der Waals surface area contributed by atoms with E-state index in [0.717, 1.165) is 24.0 Å². The number of nitrogens with zero attached hydrogens (tertiary/aromatic N) is 1. The summed E-state index contributed by atoms with van der Waals surface area (Å²) >= 11 is 12.6. The Kier molecular flexibility index (Phi) is 7.56. The highest BCUT2D eigenvalue weighted by atomic mass is 35.5. The van der Waals surface area contributed by atoms with E-state index < -0.39 is 11.4 Å². The van der Waals surface area contributed by atoms with E-state index >= 15 is 0 Å². The van der Waals surface area contributed by atoms with E-state index in [1.807, 2.05) is 53.4 Å². The number of hydrogen-bond donors (Lipinski definition) is 1. The number of hydrogen-bond acceptors (Lipinski definition) is 3. The summed E-state index contributed by atoms with van der Waals surface area (Å²) in [6.45, 7) is 4.53. The Labute approximate surface area is 211 Å². The molecule has 2 saturated heterocycles. The highest BCUT2D eigenvalue weighted by Crippen LogP contribution is 2.52. The first-order valence-corrected chi connectivity index (χ1v) is 12.7. The van der Waals surface area contributed by atoms with E-state index in [9.17, 15) is 14.7 Å². The third kappa shape index (κ3) is 4.98. The van der Waals surface area contributed by atoms with E-state index in [-0.39, 0.29) is 36.4 Å². The van der Waals surface area contributed by atoms with Crippen LogP contribution in [0.3, 0.4) is 0 Å². The van der Waals surface area contributed by atoms with Gasteiger partial charge >= 0.3 is 5.97 Å². The van der Waals surface area contributed by atoms with Crippen LogP contribution in [0.1, 0.15) is 69.0 Å². The monoisotopic (exact) mass is 503 g/mol. The predicted molar refractivity (Wildman–Crippen MR) is 133 cm³/mol. The Balaban J connectivity index is 1.90. The highest BCUT2D eigenvalue weighted by Gasteiger charge is 2.53. The summed E-state index contributed by atoms with van der Waals surface area (Å²) in [6, 6.07) is 14.8. The molecular formula is C27H31Cl2NO4. The van der Waals surface area contributed by atoms with Gasteiger partial charge in [0.25, 0.3) is 0 Å². The third-order valence-corrected chi connectivity index (χ3v) is 7.79. The van der Waals surface area contributed by atoms with Crippen LogP contribution in [-0.2, 0) is 14.3 Å². The summed E-state index contributed by atoms with van der Waals surface area (Å²) in [6.07, 6.45) is 2.66. The fourth-order valence-electron chi connectivity index (χ4n) is 5.79. The number of likely N-dealkylation sites (tertiary alicyclic amines) is 1. The number of carbonyl (C=O) groups is 2. The first-order chi connectivity index (χ1) is 16.2. The minimum atomic E-state index is -1.05. The number of rotatable bonds is 7. The Morgan fingerprint density at radius 3 is 2.50 bits per heavy atom. The summed E-state index contributed by atoms with van der Waals surface area (Å²) in [5, 5.41) is 11.0. The molecule has 2 fully saturated rings. The normalized spacial score (nSPS) is 28.2. The minimum Gasteiger partial charge on any atom is -0.481 e.